The number of carbonyl (C=O) groups excluding carboxylic acids is 2. The molecular weight excluding hydrogens is 379 g/mol. The Bertz CT molecular complexity index is 710. The first kappa shape index (κ1) is 17.9. The van der Waals surface area contributed by atoms with Crippen molar-refractivity contribution in [3.63, 3.8) is 0 Å². The Kier molecular flexibility index (Phi) is 6.74. The number of halogens is 2. The molecule has 0 spiro atoms. The maximum atomic E-state index is 13.6. The molecule has 24 heavy (non-hydrogen) atoms. The molecule has 0 fully saturated rings. The van der Waals surface area contributed by atoms with Gasteiger partial charge < -0.3 is 15.4 Å². The standard InChI is InChI=1S/C17H16BrFN2O3/c18-13-7-6-12(15(19)10-13)11-24-16(22)8-9-20-17(23)21-14-4-2-1-3-5-14/h1-7,10H,8-9,11H2,(H2,20,21,23). The van der Waals surface area contributed by atoms with Gasteiger partial charge in [0, 0.05) is 22.3 Å². The molecule has 0 saturated heterocycles. The molecule has 0 atom stereocenters. The molecule has 0 heterocycles. The molecule has 7 heteroatoms. The van der Waals surface area contributed by atoms with E-state index in [0.29, 0.717) is 15.7 Å². The van der Waals surface area contributed by atoms with Gasteiger partial charge >= 0.3 is 12.0 Å². The number of urea groups is 1. The zero-order valence-electron chi connectivity index (χ0n) is 12.7. The number of rotatable bonds is 6. The number of benzene rings is 2. The Morgan fingerprint density at radius 2 is 1.88 bits per heavy atom. The minimum atomic E-state index is -0.516. The minimum absolute atomic E-state index is 0.000354. The summed E-state index contributed by atoms with van der Waals surface area (Å²) in [6, 6.07) is 13.0. The van der Waals surface area contributed by atoms with E-state index in [2.05, 4.69) is 26.6 Å². The van der Waals surface area contributed by atoms with Gasteiger partial charge in [0.05, 0.1) is 6.42 Å². The Labute approximate surface area is 147 Å². The monoisotopic (exact) mass is 394 g/mol. The maximum absolute atomic E-state index is 13.6. The van der Waals surface area contributed by atoms with Crippen LogP contribution in [0.3, 0.4) is 0 Å². The van der Waals surface area contributed by atoms with Crippen molar-refractivity contribution in [1.29, 1.82) is 0 Å². The number of nitrogens with one attached hydrogen (secondary N) is 2. The van der Waals surface area contributed by atoms with Gasteiger partial charge in [0.25, 0.3) is 0 Å². The molecule has 2 aromatic rings. The molecule has 2 amide bonds. The first-order valence-corrected chi connectivity index (χ1v) is 8.03. The lowest BCUT2D eigenvalue weighted by Gasteiger charge is -2.08. The van der Waals surface area contributed by atoms with E-state index in [1.807, 2.05) is 6.07 Å². The number of hydrogen-bond donors (Lipinski definition) is 2. The van der Waals surface area contributed by atoms with Crippen LogP contribution in [0.25, 0.3) is 0 Å². The predicted molar refractivity (Wildman–Crippen MR) is 92.0 cm³/mol. The third-order valence-electron chi connectivity index (χ3n) is 3.05. The fourth-order valence-electron chi connectivity index (χ4n) is 1.84. The van der Waals surface area contributed by atoms with E-state index in [4.69, 9.17) is 4.74 Å². The molecule has 0 aliphatic rings. The lowest BCUT2D eigenvalue weighted by atomic mass is 10.2. The number of esters is 1. The molecule has 5 nitrogen and oxygen atoms in total. The summed E-state index contributed by atoms with van der Waals surface area (Å²) in [6.45, 7) is -0.0194. The van der Waals surface area contributed by atoms with Crippen molar-refractivity contribution in [1.82, 2.24) is 5.32 Å². The molecule has 0 aliphatic carbocycles. The predicted octanol–water partition coefficient (Wildman–Crippen LogP) is 3.84. The van der Waals surface area contributed by atoms with Crippen LogP contribution in [0.4, 0.5) is 14.9 Å². The normalized spacial score (nSPS) is 10.1. The Morgan fingerprint density at radius 1 is 1.12 bits per heavy atom. The van der Waals surface area contributed by atoms with Crippen LogP contribution in [0.2, 0.25) is 0 Å². The highest BCUT2D eigenvalue weighted by Crippen LogP contribution is 2.16. The van der Waals surface area contributed by atoms with Gasteiger partial charge in [0.1, 0.15) is 12.4 Å². The summed E-state index contributed by atoms with van der Waals surface area (Å²) in [5, 5.41) is 5.18. The van der Waals surface area contributed by atoms with Crippen molar-refractivity contribution in [3.05, 3.63) is 64.4 Å². The molecule has 2 N–H and O–H groups in total. The summed E-state index contributed by atoms with van der Waals surface area (Å²) >= 11 is 3.15. The summed E-state index contributed by atoms with van der Waals surface area (Å²) in [5.41, 5.74) is 0.949. The van der Waals surface area contributed by atoms with Crippen LogP contribution in [0, 0.1) is 5.82 Å². The lowest BCUT2D eigenvalue weighted by Crippen LogP contribution is -2.30. The molecule has 2 rings (SSSR count). The van der Waals surface area contributed by atoms with E-state index in [-0.39, 0.29) is 19.6 Å². The quantitative estimate of drug-likeness (QED) is 0.731. The zero-order valence-corrected chi connectivity index (χ0v) is 14.3. The van der Waals surface area contributed by atoms with Gasteiger partial charge in [-0.05, 0) is 24.3 Å². The fourth-order valence-corrected chi connectivity index (χ4v) is 2.18. The van der Waals surface area contributed by atoms with Gasteiger partial charge in [-0.1, -0.05) is 40.2 Å². The smallest absolute Gasteiger partial charge is 0.319 e. The summed E-state index contributed by atoms with van der Waals surface area (Å²) in [4.78, 5) is 23.2. The number of para-hydroxylation sites is 1. The van der Waals surface area contributed by atoms with Crippen LogP contribution in [-0.4, -0.2) is 18.5 Å². The summed E-state index contributed by atoms with van der Waals surface area (Å²) in [5.74, 6) is -0.963. The van der Waals surface area contributed by atoms with Gasteiger partial charge in [-0.3, -0.25) is 4.79 Å². The van der Waals surface area contributed by atoms with Gasteiger partial charge in [-0.2, -0.15) is 0 Å². The zero-order chi connectivity index (χ0) is 17.4. The van der Waals surface area contributed by atoms with E-state index in [1.165, 1.54) is 12.1 Å². The number of amides is 2. The molecule has 0 aliphatic heterocycles. The van der Waals surface area contributed by atoms with Gasteiger partial charge in [0.15, 0.2) is 0 Å². The largest absolute Gasteiger partial charge is 0.461 e. The number of anilines is 1. The number of carbonyl (C=O) groups is 2. The molecule has 0 radical (unpaired) electrons. The average molecular weight is 395 g/mol. The third kappa shape index (κ3) is 6.00. The first-order valence-electron chi connectivity index (χ1n) is 7.24. The number of ether oxygens (including phenoxy) is 1. The van der Waals surface area contributed by atoms with Gasteiger partial charge in [0.2, 0.25) is 0 Å². The average Bonchev–Trinajstić information content (AvgIpc) is 2.55. The Morgan fingerprint density at radius 3 is 2.58 bits per heavy atom. The highest BCUT2D eigenvalue weighted by atomic mass is 79.9. The van der Waals surface area contributed by atoms with E-state index in [9.17, 15) is 14.0 Å². The molecule has 0 aromatic heterocycles. The second-order valence-electron chi connectivity index (χ2n) is 4.89. The van der Waals surface area contributed by atoms with Crippen molar-refractivity contribution in [3.8, 4) is 0 Å². The molecular formula is C17H16BrFN2O3. The summed E-state index contributed by atoms with van der Waals surface area (Å²) in [6.07, 6.45) is 0.000354. The van der Waals surface area contributed by atoms with Gasteiger partial charge in [-0.25, -0.2) is 9.18 Å². The fraction of sp³-hybridized carbons (Fsp3) is 0.176. The molecule has 2 aromatic carbocycles. The molecule has 126 valence electrons. The van der Waals surface area contributed by atoms with Gasteiger partial charge in [-0.15, -0.1) is 0 Å². The first-order chi connectivity index (χ1) is 11.5. The van der Waals surface area contributed by atoms with Crippen molar-refractivity contribution in [2.75, 3.05) is 11.9 Å². The van der Waals surface area contributed by atoms with Crippen molar-refractivity contribution in [2.45, 2.75) is 13.0 Å². The summed E-state index contributed by atoms with van der Waals surface area (Å²) in [7, 11) is 0. The van der Waals surface area contributed by atoms with Crippen molar-refractivity contribution >= 4 is 33.6 Å². The lowest BCUT2D eigenvalue weighted by molar-refractivity contribution is -0.144. The Balaban J connectivity index is 1.67. The Hall–Kier alpha value is -2.41. The van der Waals surface area contributed by atoms with Crippen molar-refractivity contribution < 1.29 is 18.7 Å². The van der Waals surface area contributed by atoms with E-state index < -0.39 is 17.8 Å². The molecule has 0 bridgehead atoms. The second kappa shape index (κ2) is 9.02. The SMILES string of the molecule is O=C(NCCC(=O)OCc1ccc(Br)cc1F)Nc1ccccc1. The van der Waals surface area contributed by atoms with Crippen LogP contribution < -0.4 is 10.6 Å². The summed E-state index contributed by atoms with van der Waals surface area (Å²) < 4.78 is 19.2. The van der Waals surface area contributed by atoms with Crippen LogP contribution in [0.15, 0.2) is 53.0 Å². The van der Waals surface area contributed by atoms with Crippen LogP contribution in [-0.2, 0) is 16.1 Å². The highest BCUT2D eigenvalue weighted by Gasteiger charge is 2.08. The van der Waals surface area contributed by atoms with E-state index in [1.54, 1.807) is 30.3 Å². The molecule has 0 saturated carbocycles. The second-order valence-corrected chi connectivity index (χ2v) is 5.81. The van der Waals surface area contributed by atoms with Crippen LogP contribution in [0.1, 0.15) is 12.0 Å². The van der Waals surface area contributed by atoms with Crippen LogP contribution >= 0.6 is 15.9 Å². The van der Waals surface area contributed by atoms with Crippen molar-refractivity contribution in [2.24, 2.45) is 0 Å². The van der Waals surface area contributed by atoms with Crippen LogP contribution in [0.5, 0.6) is 0 Å². The van der Waals surface area contributed by atoms with E-state index in [0.717, 1.165) is 0 Å². The number of hydrogen-bond acceptors (Lipinski definition) is 3. The van der Waals surface area contributed by atoms with E-state index >= 15 is 0 Å². The highest BCUT2D eigenvalue weighted by molar-refractivity contribution is 9.10. The topological polar surface area (TPSA) is 67.4 Å². The molecule has 0 unspecified atom stereocenters. The minimum Gasteiger partial charge on any atom is -0.461 e. The third-order valence-corrected chi connectivity index (χ3v) is 3.54. The maximum Gasteiger partial charge on any atom is 0.319 e.